The Bertz CT molecular complexity index is 997. The van der Waals surface area contributed by atoms with E-state index in [4.69, 9.17) is 9.47 Å². The lowest BCUT2D eigenvalue weighted by Gasteiger charge is -2.09. The number of nitrogens with zero attached hydrogens (tertiary/aromatic N) is 1. The van der Waals surface area contributed by atoms with Gasteiger partial charge in [0, 0.05) is 24.1 Å². The average Bonchev–Trinajstić information content (AvgIpc) is 3.44. The third-order valence-electron chi connectivity index (χ3n) is 4.80. The van der Waals surface area contributed by atoms with Gasteiger partial charge in [0.05, 0.1) is 11.7 Å². The molecule has 1 saturated heterocycles. The van der Waals surface area contributed by atoms with E-state index in [1.165, 1.54) is 29.5 Å². The predicted octanol–water partition coefficient (Wildman–Crippen LogP) is 4.58. The maximum absolute atomic E-state index is 13.7. The summed E-state index contributed by atoms with van der Waals surface area (Å²) in [6.07, 6.45) is 2.06. The van der Waals surface area contributed by atoms with Crippen LogP contribution >= 0.6 is 11.3 Å². The molecule has 1 amide bonds. The second kappa shape index (κ2) is 9.32. The van der Waals surface area contributed by atoms with Crippen molar-refractivity contribution in [3.05, 3.63) is 70.7 Å². The molecule has 0 radical (unpaired) electrons. The van der Waals surface area contributed by atoms with Crippen LogP contribution in [0.2, 0.25) is 0 Å². The molecule has 0 unspecified atom stereocenters. The number of nitrogens with one attached hydrogen (secondary N) is 1. The van der Waals surface area contributed by atoms with Crippen molar-refractivity contribution in [2.45, 2.75) is 25.6 Å². The van der Waals surface area contributed by atoms with Gasteiger partial charge in [-0.2, -0.15) is 0 Å². The van der Waals surface area contributed by atoms with Gasteiger partial charge >= 0.3 is 0 Å². The lowest BCUT2D eigenvalue weighted by molar-refractivity contribution is 0.0854. The second-order valence-electron chi connectivity index (χ2n) is 6.90. The zero-order valence-electron chi connectivity index (χ0n) is 16.1. The molecule has 0 spiro atoms. The number of aromatic nitrogens is 1. The number of hydrogen-bond acceptors (Lipinski definition) is 5. The van der Waals surface area contributed by atoms with E-state index < -0.39 is 11.6 Å². The van der Waals surface area contributed by atoms with E-state index >= 15 is 0 Å². The molecule has 1 aromatic heterocycles. The minimum Gasteiger partial charge on any atom is -0.489 e. The van der Waals surface area contributed by atoms with Crippen LogP contribution in [0.5, 0.6) is 5.75 Å². The highest BCUT2D eigenvalue weighted by molar-refractivity contribution is 7.13. The number of halogens is 2. The molecule has 1 atom stereocenters. The van der Waals surface area contributed by atoms with Gasteiger partial charge in [-0.25, -0.2) is 13.8 Å². The number of hydrogen-bond donors (Lipinski definition) is 1. The van der Waals surface area contributed by atoms with Crippen LogP contribution in [0, 0.1) is 11.6 Å². The molecule has 0 bridgehead atoms. The van der Waals surface area contributed by atoms with Gasteiger partial charge in [-0.3, -0.25) is 4.79 Å². The molecule has 0 aliphatic carbocycles. The molecule has 1 aliphatic heterocycles. The van der Waals surface area contributed by atoms with Crippen LogP contribution in [0.25, 0.3) is 10.6 Å². The fourth-order valence-electron chi connectivity index (χ4n) is 3.13. The summed E-state index contributed by atoms with van der Waals surface area (Å²) in [4.78, 5) is 16.7. The van der Waals surface area contributed by atoms with Crippen LogP contribution in [0.15, 0.2) is 47.8 Å². The second-order valence-corrected chi connectivity index (χ2v) is 7.75. The molecule has 1 fully saturated rings. The molecule has 0 saturated carbocycles. The summed E-state index contributed by atoms with van der Waals surface area (Å²) in [6, 6.07) is 10.7. The molecule has 4 rings (SSSR count). The molecular weight excluding hydrogens is 410 g/mol. The largest absolute Gasteiger partial charge is 0.489 e. The van der Waals surface area contributed by atoms with Gasteiger partial charge in [0.2, 0.25) is 0 Å². The number of carbonyl (C=O) groups excluding carboxylic acids is 1. The number of rotatable bonds is 7. The van der Waals surface area contributed by atoms with Gasteiger partial charge in [0.1, 0.15) is 34.7 Å². The Morgan fingerprint density at radius 2 is 1.97 bits per heavy atom. The van der Waals surface area contributed by atoms with Gasteiger partial charge in [-0.1, -0.05) is 6.07 Å². The number of amides is 1. The Morgan fingerprint density at radius 3 is 2.67 bits per heavy atom. The molecule has 2 aromatic carbocycles. The van der Waals surface area contributed by atoms with E-state index in [1.54, 1.807) is 29.6 Å². The van der Waals surface area contributed by atoms with Crippen LogP contribution < -0.4 is 10.1 Å². The van der Waals surface area contributed by atoms with E-state index in [2.05, 4.69) is 10.3 Å². The molecule has 5 nitrogen and oxygen atoms in total. The zero-order chi connectivity index (χ0) is 20.9. The van der Waals surface area contributed by atoms with E-state index in [1.807, 2.05) is 0 Å². The Balaban J connectivity index is 1.35. The summed E-state index contributed by atoms with van der Waals surface area (Å²) in [7, 11) is 0. The molecule has 30 heavy (non-hydrogen) atoms. The third-order valence-corrected chi connectivity index (χ3v) is 5.69. The summed E-state index contributed by atoms with van der Waals surface area (Å²) in [5.74, 6) is -1.02. The standard InChI is InChI=1S/C22H20F2N2O3S/c23-18-4-1-5-19(24)17(18)12-29-15-8-6-14(7-9-15)22-26-20(13-30-22)21(27)25-11-16-3-2-10-28-16/h1,4-9,13,16H,2-3,10-12H2,(H,25,27)/t16-/m1/s1. The normalized spacial score (nSPS) is 15.9. The van der Waals surface area contributed by atoms with E-state index in [0.29, 0.717) is 23.0 Å². The van der Waals surface area contributed by atoms with Gasteiger partial charge in [-0.15, -0.1) is 11.3 Å². The van der Waals surface area contributed by atoms with Crippen LogP contribution in [0.1, 0.15) is 28.9 Å². The van der Waals surface area contributed by atoms with Crippen LogP contribution in [0.3, 0.4) is 0 Å². The van der Waals surface area contributed by atoms with Gasteiger partial charge in [0.15, 0.2) is 0 Å². The molecule has 156 valence electrons. The Morgan fingerprint density at radius 1 is 1.20 bits per heavy atom. The maximum atomic E-state index is 13.7. The number of thiazole rings is 1. The van der Waals surface area contributed by atoms with Crippen molar-refractivity contribution in [1.82, 2.24) is 10.3 Å². The highest BCUT2D eigenvalue weighted by Crippen LogP contribution is 2.26. The Kier molecular flexibility index (Phi) is 6.35. The van der Waals surface area contributed by atoms with E-state index in [9.17, 15) is 13.6 Å². The first-order valence-electron chi connectivity index (χ1n) is 9.61. The summed E-state index contributed by atoms with van der Waals surface area (Å²) < 4.78 is 38.4. The minimum atomic E-state index is -0.639. The zero-order valence-corrected chi connectivity index (χ0v) is 16.9. The molecular formula is C22H20F2N2O3S. The van der Waals surface area contributed by atoms with E-state index in [0.717, 1.165) is 25.0 Å². The van der Waals surface area contributed by atoms with Crippen molar-refractivity contribution in [3.8, 4) is 16.3 Å². The van der Waals surface area contributed by atoms with Crippen molar-refractivity contribution in [3.63, 3.8) is 0 Å². The predicted molar refractivity (Wildman–Crippen MR) is 110 cm³/mol. The fraction of sp³-hybridized carbons (Fsp3) is 0.273. The first kappa shape index (κ1) is 20.4. The molecule has 1 N–H and O–H groups in total. The number of carbonyl (C=O) groups is 1. The quantitative estimate of drug-likeness (QED) is 0.596. The Labute approximate surface area is 176 Å². The van der Waals surface area contributed by atoms with Crippen molar-refractivity contribution in [2.75, 3.05) is 13.2 Å². The van der Waals surface area contributed by atoms with Crippen LogP contribution in [-0.4, -0.2) is 30.1 Å². The Hall–Kier alpha value is -2.84. The lowest BCUT2D eigenvalue weighted by atomic mass is 10.2. The van der Waals surface area contributed by atoms with E-state index in [-0.39, 0.29) is 24.2 Å². The summed E-state index contributed by atoms with van der Waals surface area (Å²) in [5, 5.41) is 5.27. The summed E-state index contributed by atoms with van der Waals surface area (Å²) >= 11 is 1.37. The third kappa shape index (κ3) is 4.83. The molecule has 1 aliphatic rings. The number of benzene rings is 2. The van der Waals surface area contributed by atoms with Crippen LogP contribution in [0.4, 0.5) is 8.78 Å². The average molecular weight is 430 g/mol. The van der Waals surface area contributed by atoms with Crippen molar-refractivity contribution < 1.29 is 23.0 Å². The topological polar surface area (TPSA) is 60.5 Å². The first-order chi connectivity index (χ1) is 14.6. The maximum Gasteiger partial charge on any atom is 0.270 e. The highest BCUT2D eigenvalue weighted by atomic mass is 32.1. The monoisotopic (exact) mass is 430 g/mol. The van der Waals surface area contributed by atoms with Crippen molar-refractivity contribution in [1.29, 1.82) is 0 Å². The molecule has 2 heterocycles. The van der Waals surface area contributed by atoms with Crippen molar-refractivity contribution >= 4 is 17.2 Å². The van der Waals surface area contributed by atoms with Gasteiger partial charge in [-0.05, 0) is 49.2 Å². The fourth-order valence-corrected chi connectivity index (χ4v) is 3.94. The smallest absolute Gasteiger partial charge is 0.270 e. The van der Waals surface area contributed by atoms with Gasteiger partial charge in [0.25, 0.3) is 5.91 Å². The molecule has 8 heteroatoms. The summed E-state index contributed by atoms with van der Waals surface area (Å²) in [5.41, 5.74) is 1.08. The highest BCUT2D eigenvalue weighted by Gasteiger charge is 2.18. The van der Waals surface area contributed by atoms with Crippen LogP contribution in [-0.2, 0) is 11.3 Å². The summed E-state index contributed by atoms with van der Waals surface area (Å²) in [6.45, 7) is 1.03. The van der Waals surface area contributed by atoms with Gasteiger partial charge < -0.3 is 14.8 Å². The molecule has 3 aromatic rings. The SMILES string of the molecule is O=C(NC[C@H]1CCCO1)c1csc(-c2ccc(OCc3c(F)cccc3F)cc2)n1. The van der Waals surface area contributed by atoms with Crippen molar-refractivity contribution in [2.24, 2.45) is 0 Å². The lowest BCUT2D eigenvalue weighted by Crippen LogP contribution is -2.31. The number of ether oxygens (including phenoxy) is 2. The first-order valence-corrected chi connectivity index (χ1v) is 10.5. The minimum absolute atomic E-state index is 0.0810.